The van der Waals surface area contributed by atoms with Crippen LogP contribution in [0.15, 0.2) is 40.4 Å². The number of carbonyl (C=O) groups excluding carboxylic acids is 2. The molecule has 1 saturated heterocycles. The van der Waals surface area contributed by atoms with Crippen molar-refractivity contribution in [3.63, 3.8) is 0 Å². The van der Waals surface area contributed by atoms with Crippen LogP contribution in [-0.4, -0.2) is 52.7 Å². The first-order chi connectivity index (χ1) is 12.4. The van der Waals surface area contributed by atoms with Crippen molar-refractivity contribution >= 4 is 40.5 Å². The van der Waals surface area contributed by atoms with Crippen LogP contribution in [-0.2, 0) is 10.5 Å². The van der Waals surface area contributed by atoms with Crippen LogP contribution in [0.5, 0.6) is 0 Å². The Bertz CT molecular complexity index is 779. The Kier molecular flexibility index (Phi) is 5.52. The van der Waals surface area contributed by atoms with Crippen LogP contribution in [0.3, 0.4) is 0 Å². The average Bonchev–Trinajstić information content (AvgIpc) is 2.96. The third-order valence-corrected chi connectivity index (χ3v) is 5.40. The number of hydrogen-bond acceptors (Lipinski definition) is 5. The fraction of sp³-hybridized carbons (Fsp3) is 0.353. The van der Waals surface area contributed by atoms with Crippen molar-refractivity contribution in [1.82, 2.24) is 15.1 Å². The van der Waals surface area contributed by atoms with Gasteiger partial charge >= 0.3 is 6.03 Å². The Balaban J connectivity index is 1.82. The predicted molar refractivity (Wildman–Crippen MR) is 100 cm³/mol. The van der Waals surface area contributed by atoms with Gasteiger partial charge in [0.2, 0.25) is 0 Å². The molecule has 3 rings (SSSR count). The number of likely N-dealkylation sites (N-methyl/N-ethyl adjacent to an activating group) is 1. The zero-order chi connectivity index (χ0) is 18.8. The fourth-order valence-electron chi connectivity index (χ4n) is 2.77. The summed E-state index contributed by atoms with van der Waals surface area (Å²) in [5, 5.41) is 3.60. The summed E-state index contributed by atoms with van der Waals surface area (Å²) in [4.78, 5) is 32.1. The van der Waals surface area contributed by atoms with Crippen molar-refractivity contribution < 1.29 is 14.0 Å². The molecule has 1 aromatic rings. The maximum Gasteiger partial charge on any atom is 0.325 e. The lowest BCUT2D eigenvalue weighted by molar-refractivity contribution is -0.126. The molecule has 0 saturated carbocycles. The number of allylic oxidation sites excluding steroid dienone is 1. The minimum Gasteiger partial charge on any atom is -0.332 e. The first-order valence-electron chi connectivity index (χ1n) is 7.98. The highest BCUT2D eigenvalue weighted by Crippen LogP contribution is 2.30. The Morgan fingerprint density at radius 2 is 2.08 bits per heavy atom. The van der Waals surface area contributed by atoms with Gasteiger partial charge in [-0.05, 0) is 24.6 Å². The molecule has 26 heavy (non-hydrogen) atoms. The summed E-state index contributed by atoms with van der Waals surface area (Å²) in [6, 6.07) is 5.17. The molecule has 0 aromatic heterocycles. The molecular formula is C17H18ClFN4O2S. The Labute approximate surface area is 160 Å². The van der Waals surface area contributed by atoms with E-state index in [1.807, 2.05) is 4.90 Å². The van der Waals surface area contributed by atoms with E-state index in [2.05, 4.69) is 10.3 Å². The molecule has 0 radical (unpaired) electrons. The largest absolute Gasteiger partial charge is 0.332 e. The van der Waals surface area contributed by atoms with Gasteiger partial charge in [0.1, 0.15) is 5.82 Å². The van der Waals surface area contributed by atoms with E-state index in [4.69, 9.17) is 11.6 Å². The van der Waals surface area contributed by atoms with Crippen LogP contribution in [0.4, 0.5) is 9.18 Å². The number of nitrogens with one attached hydrogen (secondary N) is 1. The number of amidine groups is 1. The smallest absolute Gasteiger partial charge is 0.325 e. The van der Waals surface area contributed by atoms with Crippen LogP contribution < -0.4 is 5.32 Å². The molecule has 2 aliphatic heterocycles. The van der Waals surface area contributed by atoms with Crippen molar-refractivity contribution in [3.05, 3.63) is 46.8 Å². The third-order valence-electron chi connectivity index (χ3n) is 4.17. The molecule has 2 unspecified atom stereocenters. The van der Waals surface area contributed by atoms with Gasteiger partial charge in [-0.2, -0.15) is 0 Å². The molecule has 1 fully saturated rings. The van der Waals surface area contributed by atoms with E-state index in [0.717, 1.165) is 5.56 Å². The number of nitrogens with zero attached hydrogens (tertiary/aromatic N) is 3. The number of aliphatic imine (C=N–C) groups is 1. The molecule has 2 heterocycles. The number of benzene rings is 1. The fourth-order valence-corrected chi connectivity index (χ4v) is 3.86. The predicted octanol–water partition coefficient (Wildman–Crippen LogP) is 2.75. The van der Waals surface area contributed by atoms with Gasteiger partial charge in [-0.3, -0.25) is 10.1 Å². The standard InChI is InChI=1S/C17H18ClFN4O2S/c1-10(18)7-8-23-13-14(22(2)16(25)21-15(13)24)20-17(23)26-9-11-3-5-12(19)6-4-11/h3-7,13-14H,8-9H2,1-2H3,(H,21,24,25)/b10-7-. The van der Waals surface area contributed by atoms with E-state index < -0.39 is 18.2 Å². The van der Waals surface area contributed by atoms with E-state index in [1.54, 1.807) is 32.2 Å². The number of halogens is 2. The maximum absolute atomic E-state index is 13.1. The Morgan fingerprint density at radius 1 is 1.38 bits per heavy atom. The average molecular weight is 397 g/mol. The highest BCUT2D eigenvalue weighted by atomic mass is 35.5. The van der Waals surface area contributed by atoms with Gasteiger partial charge in [-0.1, -0.05) is 41.6 Å². The number of rotatable bonds is 4. The van der Waals surface area contributed by atoms with E-state index in [0.29, 0.717) is 22.5 Å². The zero-order valence-electron chi connectivity index (χ0n) is 14.3. The van der Waals surface area contributed by atoms with Gasteiger partial charge < -0.3 is 9.80 Å². The van der Waals surface area contributed by atoms with Crippen LogP contribution in [0.2, 0.25) is 0 Å². The number of imide groups is 1. The molecular weight excluding hydrogens is 379 g/mol. The minimum absolute atomic E-state index is 0.288. The second-order valence-corrected chi connectivity index (χ2v) is 7.57. The van der Waals surface area contributed by atoms with E-state index in [1.165, 1.54) is 28.8 Å². The van der Waals surface area contributed by atoms with Gasteiger partial charge in [0.05, 0.1) is 0 Å². The molecule has 2 aliphatic rings. The molecule has 2 atom stereocenters. The second kappa shape index (κ2) is 7.67. The van der Waals surface area contributed by atoms with Gasteiger partial charge in [-0.25, -0.2) is 14.2 Å². The van der Waals surface area contributed by atoms with Gasteiger partial charge in [-0.15, -0.1) is 0 Å². The third kappa shape index (κ3) is 3.86. The summed E-state index contributed by atoms with van der Waals surface area (Å²) >= 11 is 7.38. The van der Waals surface area contributed by atoms with Crippen LogP contribution >= 0.6 is 23.4 Å². The number of thioether (sulfide) groups is 1. The van der Waals surface area contributed by atoms with Crippen LogP contribution in [0, 0.1) is 5.82 Å². The normalized spacial score (nSPS) is 23.1. The molecule has 0 spiro atoms. The number of hydrogen-bond donors (Lipinski definition) is 1. The van der Waals surface area contributed by atoms with E-state index in [9.17, 15) is 14.0 Å². The van der Waals surface area contributed by atoms with Crippen molar-refractivity contribution in [2.75, 3.05) is 13.6 Å². The number of fused-ring (bicyclic) bond motifs is 1. The summed E-state index contributed by atoms with van der Waals surface area (Å²) in [5.74, 6) is -0.0956. The van der Waals surface area contributed by atoms with Crippen LogP contribution in [0.25, 0.3) is 0 Å². The summed E-state index contributed by atoms with van der Waals surface area (Å²) in [6.45, 7) is 2.16. The maximum atomic E-state index is 13.1. The van der Waals surface area contributed by atoms with Crippen molar-refractivity contribution in [2.24, 2.45) is 4.99 Å². The van der Waals surface area contributed by atoms with Crippen molar-refractivity contribution in [1.29, 1.82) is 0 Å². The molecule has 3 amide bonds. The summed E-state index contributed by atoms with van der Waals surface area (Å²) in [6.07, 6.45) is 1.22. The Hall–Kier alpha value is -2.06. The Morgan fingerprint density at radius 3 is 2.73 bits per heavy atom. The lowest BCUT2D eigenvalue weighted by Crippen LogP contribution is -2.63. The quantitative estimate of drug-likeness (QED) is 0.849. The summed E-state index contributed by atoms with van der Waals surface area (Å²) in [5.41, 5.74) is 0.937. The summed E-state index contributed by atoms with van der Waals surface area (Å²) in [7, 11) is 1.61. The molecule has 0 bridgehead atoms. The number of urea groups is 1. The lowest BCUT2D eigenvalue weighted by Gasteiger charge is -2.35. The SMILES string of the molecule is C/C(Cl)=C/CN1C(SCc2ccc(F)cc2)=NC2C1C(=O)NC(=O)N2C. The summed E-state index contributed by atoms with van der Waals surface area (Å²) < 4.78 is 13.1. The van der Waals surface area contributed by atoms with Gasteiger partial charge in [0, 0.05) is 24.4 Å². The minimum atomic E-state index is -0.597. The molecule has 0 aliphatic carbocycles. The number of amides is 3. The molecule has 1 aromatic carbocycles. The van der Waals surface area contributed by atoms with Gasteiger partial charge in [0.25, 0.3) is 5.91 Å². The molecule has 138 valence electrons. The highest BCUT2D eigenvalue weighted by molar-refractivity contribution is 8.13. The first-order valence-corrected chi connectivity index (χ1v) is 9.35. The van der Waals surface area contributed by atoms with Gasteiger partial charge in [0.15, 0.2) is 17.4 Å². The lowest BCUT2D eigenvalue weighted by atomic mass is 10.1. The second-order valence-electron chi connectivity index (χ2n) is 6.03. The van der Waals surface area contributed by atoms with Crippen LogP contribution in [0.1, 0.15) is 12.5 Å². The van der Waals surface area contributed by atoms with E-state index in [-0.39, 0.29) is 11.7 Å². The van der Waals surface area contributed by atoms with E-state index >= 15 is 0 Å². The monoisotopic (exact) mass is 396 g/mol. The highest BCUT2D eigenvalue weighted by Gasteiger charge is 2.48. The number of carbonyl (C=O) groups is 2. The molecule has 1 N–H and O–H groups in total. The van der Waals surface area contributed by atoms with Crippen molar-refractivity contribution in [2.45, 2.75) is 24.9 Å². The molecule has 6 nitrogen and oxygen atoms in total. The van der Waals surface area contributed by atoms with Crippen molar-refractivity contribution in [3.8, 4) is 0 Å². The first kappa shape index (κ1) is 18.7. The zero-order valence-corrected chi connectivity index (χ0v) is 15.9. The molecule has 9 heteroatoms. The topological polar surface area (TPSA) is 65.0 Å².